The van der Waals surface area contributed by atoms with Crippen LogP contribution in [0.25, 0.3) is 0 Å². The smallest absolute Gasteiger partial charge is 0.185 e. The number of hydrogen-bond acceptors (Lipinski definition) is 4. The molecule has 1 aromatic heterocycles. The van der Waals surface area contributed by atoms with E-state index in [0.717, 1.165) is 13.0 Å². The number of fused-ring (bicyclic) bond motifs is 1. The maximum absolute atomic E-state index is 4.81. The monoisotopic (exact) mass is 253 g/mol. The number of anilines is 1. The van der Waals surface area contributed by atoms with Crippen molar-refractivity contribution in [2.45, 2.75) is 52.1 Å². The number of hydrogen-bond donors (Lipinski definition) is 1. The molecule has 0 aromatic carbocycles. The van der Waals surface area contributed by atoms with E-state index in [1.54, 1.807) is 0 Å². The fourth-order valence-corrected chi connectivity index (χ4v) is 3.54. The van der Waals surface area contributed by atoms with Crippen LogP contribution in [0, 0.1) is 0 Å². The van der Waals surface area contributed by atoms with Gasteiger partial charge in [0.15, 0.2) is 5.13 Å². The maximum atomic E-state index is 4.81. The minimum absolute atomic E-state index is 0.514. The summed E-state index contributed by atoms with van der Waals surface area (Å²) >= 11 is 1.87. The zero-order valence-electron chi connectivity index (χ0n) is 11.3. The minimum atomic E-state index is 0.514. The first-order valence-corrected chi connectivity index (χ1v) is 7.41. The maximum Gasteiger partial charge on any atom is 0.185 e. The van der Waals surface area contributed by atoms with Gasteiger partial charge in [-0.3, -0.25) is 0 Å². The van der Waals surface area contributed by atoms with Crippen LogP contribution in [-0.2, 0) is 6.42 Å². The van der Waals surface area contributed by atoms with Crippen LogP contribution in [-0.4, -0.2) is 24.6 Å². The second-order valence-electron chi connectivity index (χ2n) is 5.01. The second-order valence-corrected chi connectivity index (χ2v) is 6.02. The molecule has 0 saturated carbocycles. The second kappa shape index (κ2) is 5.36. The first-order valence-electron chi connectivity index (χ1n) is 6.59. The van der Waals surface area contributed by atoms with Gasteiger partial charge in [0.25, 0.3) is 0 Å². The molecule has 0 bridgehead atoms. The third kappa shape index (κ3) is 2.63. The SMILES string of the molecule is CCNC1CCCc2nc(N(C)C(C)C)sc21. The highest BCUT2D eigenvalue weighted by molar-refractivity contribution is 7.15. The van der Waals surface area contributed by atoms with E-state index in [-0.39, 0.29) is 0 Å². The van der Waals surface area contributed by atoms with Crippen molar-refractivity contribution in [2.75, 3.05) is 18.5 Å². The third-order valence-electron chi connectivity index (χ3n) is 3.47. The van der Waals surface area contributed by atoms with Crippen molar-refractivity contribution >= 4 is 16.5 Å². The van der Waals surface area contributed by atoms with Crippen LogP contribution in [0.15, 0.2) is 0 Å². The van der Waals surface area contributed by atoms with Gasteiger partial charge in [0.05, 0.1) is 5.69 Å². The first-order chi connectivity index (χ1) is 8.13. The van der Waals surface area contributed by atoms with Crippen LogP contribution in [0.2, 0.25) is 0 Å². The molecule has 1 aliphatic rings. The summed E-state index contributed by atoms with van der Waals surface area (Å²) in [7, 11) is 2.14. The summed E-state index contributed by atoms with van der Waals surface area (Å²) in [5, 5.41) is 4.75. The van der Waals surface area contributed by atoms with E-state index in [1.165, 1.54) is 28.5 Å². The Labute approximate surface area is 108 Å². The van der Waals surface area contributed by atoms with Crippen molar-refractivity contribution in [3.8, 4) is 0 Å². The molecule has 1 N–H and O–H groups in total. The topological polar surface area (TPSA) is 28.2 Å². The molecular weight excluding hydrogens is 230 g/mol. The lowest BCUT2D eigenvalue weighted by atomic mass is 9.98. The summed E-state index contributed by atoms with van der Waals surface area (Å²) in [6.07, 6.45) is 3.67. The van der Waals surface area contributed by atoms with Gasteiger partial charge in [-0.1, -0.05) is 18.3 Å². The third-order valence-corrected chi connectivity index (χ3v) is 4.77. The van der Waals surface area contributed by atoms with E-state index >= 15 is 0 Å². The fraction of sp³-hybridized carbons (Fsp3) is 0.769. The molecule has 0 spiro atoms. The number of aromatic nitrogens is 1. The van der Waals surface area contributed by atoms with Gasteiger partial charge >= 0.3 is 0 Å². The molecule has 0 aliphatic heterocycles. The number of rotatable bonds is 4. The van der Waals surface area contributed by atoms with Crippen molar-refractivity contribution in [3.05, 3.63) is 10.6 Å². The molecule has 1 unspecified atom stereocenters. The van der Waals surface area contributed by atoms with Gasteiger partial charge in [0, 0.05) is 24.0 Å². The Balaban J connectivity index is 2.24. The quantitative estimate of drug-likeness (QED) is 0.894. The fourth-order valence-electron chi connectivity index (χ4n) is 2.22. The van der Waals surface area contributed by atoms with Crippen molar-refractivity contribution in [1.29, 1.82) is 0 Å². The highest BCUT2D eigenvalue weighted by Gasteiger charge is 2.25. The molecule has 96 valence electrons. The molecule has 0 radical (unpaired) electrons. The highest BCUT2D eigenvalue weighted by atomic mass is 32.1. The molecular formula is C13H23N3S. The Bertz CT molecular complexity index is 373. The first kappa shape index (κ1) is 12.8. The van der Waals surface area contributed by atoms with Gasteiger partial charge < -0.3 is 10.2 Å². The molecule has 0 amide bonds. The van der Waals surface area contributed by atoms with E-state index in [2.05, 4.69) is 38.0 Å². The van der Waals surface area contributed by atoms with E-state index in [4.69, 9.17) is 4.98 Å². The summed E-state index contributed by atoms with van der Waals surface area (Å²) in [6.45, 7) is 7.64. The van der Waals surface area contributed by atoms with Crippen LogP contribution in [0.5, 0.6) is 0 Å². The van der Waals surface area contributed by atoms with Crippen molar-refractivity contribution in [3.63, 3.8) is 0 Å². The summed E-state index contributed by atoms with van der Waals surface area (Å²) in [5.41, 5.74) is 1.33. The molecule has 1 aliphatic carbocycles. The van der Waals surface area contributed by atoms with Gasteiger partial charge in [-0.25, -0.2) is 4.98 Å². The Morgan fingerprint density at radius 2 is 2.29 bits per heavy atom. The van der Waals surface area contributed by atoms with Gasteiger partial charge in [-0.05, 0) is 39.7 Å². The predicted octanol–water partition coefficient (Wildman–Crippen LogP) is 2.97. The zero-order chi connectivity index (χ0) is 12.4. The van der Waals surface area contributed by atoms with Crippen LogP contribution in [0.3, 0.4) is 0 Å². The molecule has 1 aromatic rings. The van der Waals surface area contributed by atoms with Gasteiger partial charge in [0.1, 0.15) is 0 Å². The predicted molar refractivity (Wildman–Crippen MR) is 75.0 cm³/mol. The molecule has 2 rings (SSSR count). The van der Waals surface area contributed by atoms with Crippen molar-refractivity contribution < 1.29 is 0 Å². The Morgan fingerprint density at radius 3 is 2.94 bits per heavy atom. The number of aryl methyl sites for hydroxylation is 1. The number of thiazole rings is 1. The summed E-state index contributed by atoms with van der Waals surface area (Å²) < 4.78 is 0. The van der Waals surface area contributed by atoms with Gasteiger partial charge in [0.2, 0.25) is 0 Å². The highest BCUT2D eigenvalue weighted by Crippen LogP contribution is 2.37. The molecule has 0 fully saturated rings. The number of nitrogens with zero attached hydrogens (tertiary/aromatic N) is 2. The van der Waals surface area contributed by atoms with E-state index < -0.39 is 0 Å². The normalized spacial score (nSPS) is 19.5. The summed E-state index contributed by atoms with van der Waals surface area (Å²) in [6, 6.07) is 1.05. The van der Waals surface area contributed by atoms with E-state index in [0.29, 0.717) is 12.1 Å². The molecule has 1 heterocycles. The Kier molecular flexibility index (Phi) is 4.05. The molecule has 17 heavy (non-hydrogen) atoms. The Morgan fingerprint density at radius 1 is 1.53 bits per heavy atom. The standard InChI is InChI=1S/C13H23N3S/c1-5-14-10-7-6-8-11-12(10)17-13(15-11)16(4)9(2)3/h9-10,14H,5-8H2,1-4H3. The van der Waals surface area contributed by atoms with Crippen molar-refractivity contribution in [2.24, 2.45) is 0 Å². The van der Waals surface area contributed by atoms with Gasteiger partial charge in [-0.2, -0.15) is 0 Å². The zero-order valence-corrected chi connectivity index (χ0v) is 12.1. The van der Waals surface area contributed by atoms with Crippen LogP contribution in [0.1, 0.15) is 50.2 Å². The molecule has 4 heteroatoms. The molecule has 0 saturated heterocycles. The lowest BCUT2D eigenvalue weighted by Crippen LogP contribution is -2.25. The average Bonchev–Trinajstić information content (AvgIpc) is 2.73. The minimum Gasteiger partial charge on any atom is -0.349 e. The number of nitrogens with one attached hydrogen (secondary N) is 1. The van der Waals surface area contributed by atoms with E-state index in [1.807, 2.05) is 11.3 Å². The largest absolute Gasteiger partial charge is 0.349 e. The van der Waals surface area contributed by atoms with E-state index in [9.17, 15) is 0 Å². The van der Waals surface area contributed by atoms with Crippen LogP contribution in [0.4, 0.5) is 5.13 Å². The van der Waals surface area contributed by atoms with Crippen molar-refractivity contribution in [1.82, 2.24) is 10.3 Å². The summed E-state index contributed by atoms with van der Waals surface area (Å²) in [5.74, 6) is 0. The molecule has 1 atom stereocenters. The van der Waals surface area contributed by atoms with Gasteiger partial charge in [-0.15, -0.1) is 0 Å². The summed E-state index contributed by atoms with van der Waals surface area (Å²) in [4.78, 5) is 8.55. The molecule has 3 nitrogen and oxygen atoms in total. The average molecular weight is 253 g/mol. The van der Waals surface area contributed by atoms with Crippen LogP contribution >= 0.6 is 11.3 Å². The van der Waals surface area contributed by atoms with Crippen LogP contribution < -0.4 is 10.2 Å². The Hall–Kier alpha value is -0.610. The lowest BCUT2D eigenvalue weighted by Gasteiger charge is -2.21. The lowest BCUT2D eigenvalue weighted by molar-refractivity contribution is 0.476.